The largest absolute Gasteiger partial charge is 0.388 e. The predicted octanol–water partition coefficient (Wildman–Crippen LogP) is 4.70. The molecule has 0 bridgehead atoms. The van der Waals surface area contributed by atoms with Gasteiger partial charge in [0.15, 0.2) is 0 Å². The van der Waals surface area contributed by atoms with Crippen molar-refractivity contribution in [1.29, 1.82) is 0 Å². The van der Waals surface area contributed by atoms with Gasteiger partial charge in [-0.15, -0.1) is 0 Å². The standard InChI is InChI=1S/C17H30O/c1-17(2,3)15-11-9-14(10-12-15)16(18)13-7-5-4-6-8-13/h7,14-16,18H,4-6,8-12H2,1-3H3. The summed E-state index contributed by atoms with van der Waals surface area (Å²) >= 11 is 0. The molecule has 2 rings (SSSR count). The minimum atomic E-state index is -0.133. The maximum atomic E-state index is 10.5. The second-order valence-electron chi connectivity index (χ2n) is 7.45. The lowest BCUT2D eigenvalue weighted by Gasteiger charge is -2.39. The van der Waals surface area contributed by atoms with E-state index in [1.54, 1.807) is 0 Å². The SMILES string of the molecule is CC(C)(C)C1CCC(C(O)C2=CCCCC2)CC1. The molecule has 2 aliphatic rings. The van der Waals surface area contributed by atoms with Crippen LogP contribution in [0.5, 0.6) is 0 Å². The molecule has 0 saturated heterocycles. The van der Waals surface area contributed by atoms with E-state index in [1.807, 2.05) is 0 Å². The molecule has 0 aromatic carbocycles. The van der Waals surface area contributed by atoms with Crippen molar-refractivity contribution in [2.24, 2.45) is 17.3 Å². The van der Waals surface area contributed by atoms with Gasteiger partial charge in [-0.2, -0.15) is 0 Å². The predicted molar refractivity (Wildman–Crippen MR) is 77.5 cm³/mol. The van der Waals surface area contributed by atoms with Gasteiger partial charge in [-0.1, -0.05) is 26.8 Å². The maximum Gasteiger partial charge on any atom is 0.0778 e. The normalized spacial score (nSPS) is 31.9. The number of allylic oxidation sites excluding steroid dienone is 1. The van der Waals surface area contributed by atoms with Crippen molar-refractivity contribution in [3.63, 3.8) is 0 Å². The monoisotopic (exact) mass is 250 g/mol. The molecule has 0 heterocycles. The van der Waals surface area contributed by atoms with Crippen LogP contribution in [0.1, 0.15) is 72.1 Å². The molecule has 104 valence electrons. The summed E-state index contributed by atoms with van der Waals surface area (Å²) in [5, 5.41) is 10.5. The van der Waals surface area contributed by atoms with Crippen LogP contribution in [0.3, 0.4) is 0 Å². The Kier molecular flexibility index (Phi) is 4.53. The van der Waals surface area contributed by atoms with E-state index in [1.165, 1.54) is 50.5 Å². The van der Waals surface area contributed by atoms with E-state index in [4.69, 9.17) is 0 Å². The van der Waals surface area contributed by atoms with Crippen LogP contribution in [0.4, 0.5) is 0 Å². The molecule has 0 aromatic heterocycles. The van der Waals surface area contributed by atoms with Crippen molar-refractivity contribution in [2.75, 3.05) is 0 Å². The molecule has 0 radical (unpaired) electrons. The molecule has 1 saturated carbocycles. The molecule has 1 heteroatoms. The van der Waals surface area contributed by atoms with Gasteiger partial charge in [0.2, 0.25) is 0 Å². The molecular weight excluding hydrogens is 220 g/mol. The summed E-state index contributed by atoms with van der Waals surface area (Å²) in [6.07, 6.45) is 12.1. The van der Waals surface area contributed by atoms with Crippen molar-refractivity contribution in [3.8, 4) is 0 Å². The Morgan fingerprint density at radius 2 is 1.78 bits per heavy atom. The third-order valence-corrected chi connectivity index (χ3v) is 5.15. The molecular formula is C17H30O. The summed E-state index contributed by atoms with van der Waals surface area (Å²) in [6.45, 7) is 7.08. The quantitative estimate of drug-likeness (QED) is 0.704. The van der Waals surface area contributed by atoms with Crippen LogP contribution in [0.2, 0.25) is 0 Å². The van der Waals surface area contributed by atoms with Gasteiger partial charge in [0.25, 0.3) is 0 Å². The van der Waals surface area contributed by atoms with Gasteiger partial charge in [0, 0.05) is 0 Å². The Bertz CT molecular complexity index is 289. The maximum absolute atomic E-state index is 10.5. The Balaban J connectivity index is 1.87. The second-order valence-corrected chi connectivity index (χ2v) is 7.45. The van der Waals surface area contributed by atoms with Crippen molar-refractivity contribution < 1.29 is 5.11 Å². The number of rotatable bonds is 2. The van der Waals surface area contributed by atoms with E-state index in [9.17, 15) is 5.11 Å². The number of hydrogen-bond acceptors (Lipinski definition) is 1. The van der Waals surface area contributed by atoms with Crippen molar-refractivity contribution in [1.82, 2.24) is 0 Å². The molecule has 1 nitrogen and oxygen atoms in total. The molecule has 1 atom stereocenters. The van der Waals surface area contributed by atoms with Gasteiger partial charge >= 0.3 is 0 Å². The van der Waals surface area contributed by atoms with E-state index in [-0.39, 0.29) is 6.10 Å². The van der Waals surface area contributed by atoms with Crippen LogP contribution in [0.15, 0.2) is 11.6 Å². The van der Waals surface area contributed by atoms with Gasteiger partial charge in [0.1, 0.15) is 0 Å². The van der Waals surface area contributed by atoms with E-state index in [2.05, 4.69) is 26.8 Å². The highest BCUT2D eigenvalue weighted by Crippen LogP contribution is 2.42. The molecule has 2 aliphatic carbocycles. The van der Waals surface area contributed by atoms with Crippen LogP contribution < -0.4 is 0 Å². The Morgan fingerprint density at radius 1 is 1.11 bits per heavy atom. The van der Waals surface area contributed by atoms with Gasteiger partial charge in [-0.25, -0.2) is 0 Å². The molecule has 1 N–H and O–H groups in total. The first-order chi connectivity index (χ1) is 8.48. The fourth-order valence-corrected chi connectivity index (χ4v) is 3.74. The summed E-state index contributed by atoms with van der Waals surface area (Å²) in [7, 11) is 0. The third kappa shape index (κ3) is 3.38. The van der Waals surface area contributed by atoms with Gasteiger partial charge in [0.05, 0.1) is 6.10 Å². The van der Waals surface area contributed by atoms with Crippen molar-refractivity contribution in [3.05, 3.63) is 11.6 Å². The van der Waals surface area contributed by atoms with Crippen LogP contribution >= 0.6 is 0 Å². The van der Waals surface area contributed by atoms with E-state index in [0.29, 0.717) is 11.3 Å². The lowest BCUT2D eigenvalue weighted by molar-refractivity contribution is 0.0713. The summed E-state index contributed by atoms with van der Waals surface area (Å²) in [5.74, 6) is 1.38. The van der Waals surface area contributed by atoms with Crippen LogP contribution in [-0.4, -0.2) is 11.2 Å². The first-order valence-corrected chi connectivity index (χ1v) is 7.85. The highest BCUT2D eigenvalue weighted by molar-refractivity contribution is 5.12. The fraction of sp³-hybridized carbons (Fsp3) is 0.882. The lowest BCUT2D eigenvalue weighted by atomic mass is 9.68. The summed E-state index contributed by atoms with van der Waals surface area (Å²) in [6, 6.07) is 0. The summed E-state index contributed by atoms with van der Waals surface area (Å²) in [4.78, 5) is 0. The summed E-state index contributed by atoms with van der Waals surface area (Å²) in [5.41, 5.74) is 1.79. The van der Waals surface area contributed by atoms with Crippen LogP contribution in [0.25, 0.3) is 0 Å². The van der Waals surface area contributed by atoms with Gasteiger partial charge in [-0.05, 0) is 74.2 Å². The molecule has 0 aliphatic heterocycles. The third-order valence-electron chi connectivity index (χ3n) is 5.15. The fourth-order valence-electron chi connectivity index (χ4n) is 3.74. The molecule has 0 amide bonds. The molecule has 0 spiro atoms. The van der Waals surface area contributed by atoms with E-state index < -0.39 is 0 Å². The summed E-state index contributed by atoms with van der Waals surface area (Å²) < 4.78 is 0. The van der Waals surface area contributed by atoms with Crippen LogP contribution in [-0.2, 0) is 0 Å². The Morgan fingerprint density at radius 3 is 2.28 bits per heavy atom. The zero-order valence-electron chi connectivity index (χ0n) is 12.4. The first kappa shape index (κ1) is 14.1. The molecule has 1 fully saturated rings. The zero-order valence-corrected chi connectivity index (χ0v) is 12.4. The topological polar surface area (TPSA) is 20.2 Å². The average Bonchev–Trinajstić information content (AvgIpc) is 2.38. The minimum Gasteiger partial charge on any atom is -0.388 e. The van der Waals surface area contributed by atoms with Gasteiger partial charge < -0.3 is 5.11 Å². The average molecular weight is 250 g/mol. The van der Waals surface area contributed by atoms with E-state index in [0.717, 1.165) is 12.3 Å². The molecule has 1 unspecified atom stereocenters. The van der Waals surface area contributed by atoms with Gasteiger partial charge in [-0.3, -0.25) is 0 Å². The van der Waals surface area contributed by atoms with E-state index >= 15 is 0 Å². The molecule has 18 heavy (non-hydrogen) atoms. The first-order valence-electron chi connectivity index (χ1n) is 7.85. The zero-order chi connectivity index (χ0) is 13.2. The number of aliphatic hydroxyl groups is 1. The smallest absolute Gasteiger partial charge is 0.0778 e. The van der Waals surface area contributed by atoms with Crippen LogP contribution in [0, 0.1) is 17.3 Å². The lowest BCUT2D eigenvalue weighted by Crippen LogP contribution is -2.32. The number of aliphatic hydroxyl groups excluding tert-OH is 1. The van der Waals surface area contributed by atoms with Crippen molar-refractivity contribution in [2.45, 2.75) is 78.2 Å². The van der Waals surface area contributed by atoms with Crippen molar-refractivity contribution >= 4 is 0 Å². The highest BCUT2D eigenvalue weighted by Gasteiger charge is 2.33. The Hall–Kier alpha value is -0.300. The second kappa shape index (κ2) is 5.77. The Labute approximate surface area is 113 Å². The number of hydrogen-bond donors (Lipinski definition) is 1. The molecule has 0 aromatic rings. The highest BCUT2D eigenvalue weighted by atomic mass is 16.3. The minimum absolute atomic E-state index is 0.133.